The second-order valence-electron chi connectivity index (χ2n) is 5.97. The van der Waals surface area contributed by atoms with Gasteiger partial charge in [0, 0.05) is 23.5 Å². The molecule has 0 radical (unpaired) electrons. The number of fused-ring (bicyclic) bond motifs is 3. The van der Waals surface area contributed by atoms with E-state index in [0.29, 0.717) is 0 Å². The Balaban J connectivity index is 1.76. The number of H-pyrrole nitrogens is 1. The molecule has 104 valence electrons. The highest BCUT2D eigenvalue weighted by molar-refractivity contribution is 6.06. The third kappa shape index (κ3) is 1.84. The van der Waals surface area contributed by atoms with Gasteiger partial charge in [-0.2, -0.15) is 0 Å². The van der Waals surface area contributed by atoms with E-state index in [4.69, 9.17) is 9.73 Å². The molecule has 0 saturated heterocycles. The Morgan fingerprint density at radius 3 is 3.00 bits per heavy atom. The lowest BCUT2D eigenvalue weighted by Crippen LogP contribution is -2.20. The summed E-state index contributed by atoms with van der Waals surface area (Å²) in [5.41, 5.74) is 5.21. The third-order valence-electron chi connectivity index (χ3n) is 4.77. The molecule has 0 atom stereocenters. The minimum Gasteiger partial charge on any atom is -0.497 e. The molecule has 20 heavy (non-hydrogen) atoms. The highest BCUT2D eigenvalue weighted by Gasteiger charge is 2.25. The molecule has 2 heterocycles. The highest BCUT2D eigenvalue weighted by Crippen LogP contribution is 2.34. The van der Waals surface area contributed by atoms with Crippen molar-refractivity contribution in [2.45, 2.75) is 32.1 Å². The molecular weight excluding hydrogens is 248 g/mol. The van der Waals surface area contributed by atoms with Crippen LogP contribution in [0.5, 0.6) is 5.75 Å². The standard InChI is InChI=1S/C17H20N2O/c1-20-12-5-6-13-14-7-8-18-16(9-11-3-2-4-11)17(14)19-15(13)10-12/h5-6,10-11,19H,2-4,7-9H2,1H3. The lowest BCUT2D eigenvalue weighted by atomic mass is 9.80. The molecular formula is C17H20N2O. The smallest absolute Gasteiger partial charge is 0.120 e. The van der Waals surface area contributed by atoms with Crippen LogP contribution in [0.3, 0.4) is 0 Å². The van der Waals surface area contributed by atoms with Crippen molar-refractivity contribution in [1.82, 2.24) is 4.98 Å². The lowest BCUT2D eigenvalue weighted by Gasteiger charge is -2.26. The molecule has 2 aromatic rings. The molecule has 1 aromatic heterocycles. The number of benzene rings is 1. The van der Waals surface area contributed by atoms with Crippen LogP contribution in [0.15, 0.2) is 23.2 Å². The van der Waals surface area contributed by atoms with Crippen molar-refractivity contribution in [1.29, 1.82) is 0 Å². The van der Waals surface area contributed by atoms with E-state index in [1.165, 1.54) is 47.1 Å². The number of nitrogens with one attached hydrogen (secondary N) is 1. The van der Waals surface area contributed by atoms with Gasteiger partial charge in [0.1, 0.15) is 5.75 Å². The largest absolute Gasteiger partial charge is 0.497 e. The molecule has 1 aromatic carbocycles. The maximum Gasteiger partial charge on any atom is 0.120 e. The van der Waals surface area contributed by atoms with Gasteiger partial charge in [-0.1, -0.05) is 19.3 Å². The third-order valence-corrected chi connectivity index (χ3v) is 4.77. The number of rotatable bonds is 3. The van der Waals surface area contributed by atoms with Gasteiger partial charge in [-0.25, -0.2) is 0 Å². The van der Waals surface area contributed by atoms with Crippen molar-refractivity contribution in [2.24, 2.45) is 10.9 Å². The summed E-state index contributed by atoms with van der Waals surface area (Å²) < 4.78 is 5.32. The number of aromatic amines is 1. The zero-order valence-corrected chi connectivity index (χ0v) is 11.9. The number of nitrogens with zero attached hydrogens (tertiary/aromatic N) is 1. The number of aromatic nitrogens is 1. The molecule has 1 aliphatic heterocycles. The van der Waals surface area contributed by atoms with Crippen LogP contribution in [-0.2, 0) is 6.42 Å². The summed E-state index contributed by atoms with van der Waals surface area (Å²) >= 11 is 0. The van der Waals surface area contributed by atoms with Crippen LogP contribution >= 0.6 is 0 Å². The Morgan fingerprint density at radius 1 is 1.35 bits per heavy atom. The first-order chi connectivity index (χ1) is 9.85. The van der Waals surface area contributed by atoms with E-state index >= 15 is 0 Å². The average molecular weight is 268 g/mol. The maximum atomic E-state index is 5.32. The molecule has 0 bridgehead atoms. The van der Waals surface area contributed by atoms with Gasteiger partial charge < -0.3 is 9.72 Å². The first kappa shape index (κ1) is 12.0. The summed E-state index contributed by atoms with van der Waals surface area (Å²) in [6.45, 7) is 0.939. The van der Waals surface area contributed by atoms with Gasteiger partial charge >= 0.3 is 0 Å². The van der Waals surface area contributed by atoms with Crippen LogP contribution in [0.4, 0.5) is 0 Å². The SMILES string of the molecule is COc1ccc2c3c([nH]c2c1)C(CC1CCC1)=NCC3. The van der Waals surface area contributed by atoms with Gasteiger partial charge in [0.05, 0.1) is 18.5 Å². The van der Waals surface area contributed by atoms with Gasteiger partial charge in [-0.3, -0.25) is 4.99 Å². The van der Waals surface area contributed by atoms with Crippen molar-refractivity contribution in [3.63, 3.8) is 0 Å². The van der Waals surface area contributed by atoms with Gasteiger partial charge in [0.2, 0.25) is 0 Å². The summed E-state index contributed by atoms with van der Waals surface area (Å²) in [5.74, 6) is 1.77. The van der Waals surface area contributed by atoms with Crippen molar-refractivity contribution >= 4 is 16.6 Å². The Labute approximate surface area is 119 Å². The normalized spacial score (nSPS) is 18.6. The van der Waals surface area contributed by atoms with Crippen molar-refractivity contribution in [2.75, 3.05) is 13.7 Å². The fraction of sp³-hybridized carbons (Fsp3) is 0.471. The Hall–Kier alpha value is -1.77. The summed E-state index contributed by atoms with van der Waals surface area (Å²) in [7, 11) is 1.72. The van der Waals surface area contributed by atoms with Crippen LogP contribution in [0.2, 0.25) is 0 Å². The van der Waals surface area contributed by atoms with E-state index in [1.807, 2.05) is 6.07 Å². The van der Waals surface area contributed by atoms with E-state index in [9.17, 15) is 0 Å². The van der Waals surface area contributed by atoms with E-state index in [-0.39, 0.29) is 0 Å². The first-order valence-corrected chi connectivity index (χ1v) is 7.57. The molecule has 0 spiro atoms. The van der Waals surface area contributed by atoms with E-state index in [0.717, 1.165) is 31.1 Å². The predicted octanol–water partition coefficient (Wildman–Crippen LogP) is 3.71. The van der Waals surface area contributed by atoms with Crippen molar-refractivity contribution in [3.05, 3.63) is 29.5 Å². The summed E-state index contributed by atoms with van der Waals surface area (Å²) in [6, 6.07) is 6.32. The highest BCUT2D eigenvalue weighted by atomic mass is 16.5. The predicted molar refractivity (Wildman–Crippen MR) is 81.9 cm³/mol. The Bertz CT molecular complexity index is 680. The van der Waals surface area contributed by atoms with Crippen LogP contribution in [0.25, 0.3) is 10.9 Å². The topological polar surface area (TPSA) is 37.4 Å². The molecule has 4 rings (SSSR count). The Morgan fingerprint density at radius 2 is 2.25 bits per heavy atom. The molecule has 1 aliphatic carbocycles. The van der Waals surface area contributed by atoms with Gasteiger partial charge in [-0.15, -0.1) is 0 Å². The van der Waals surface area contributed by atoms with Crippen LogP contribution < -0.4 is 4.74 Å². The zero-order valence-electron chi connectivity index (χ0n) is 11.9. The van der Waals surface area contributed by atoms with Gasteiger partial charge in [0.15, 0.2) is 0 Å². The van der Waals surface area contributed by atoms with Crippen molar-refractivity contribution in [3.8, 4) is 5.75 Å². The monoisotopic (exact) mass is 268 g/mol. The fourth-order valence-electron chi connectivity index (χ4n) is 3.39. The number of methoxy groups -OCH3 is 1. The summed E-state index contributed by atoms with van der Waals surface area (Å²) in [4.78, 5) is 8.37. The minimum atomic E-state index is 0.862. The van der Waals surface area contributed by atoms with Crippen LogP contribution in [-0.4, -0.2) is 24.4 Å². The van der Waals surface area contributed by atoms with Gasteiger partial charge in [-0.05, 0) is 36.5 Å². The molecule has 0 unspecified atom stereocenters. The lowest BCUT2D eigenvalue weighted by molar-refractivity contribution is 0.326. The molecule has 3 nitrogen and oxygen atoms in total. The molecule has 1 saturated carbocycles. The summed E-state index contributed by atoms with van der Waals surface area (Å²) in [6.07, 6.45) is 6.35. The van der Waals surface area contributed by atoms with Gasteiger partial charge in [0.25, 0.3) is 0 Å². The minimum absolute atomic E-state index is 0.862. The molecule has 2 aliphatic rings. The van der Waals surface area contributed by atoms with E-state index < -0.39 is 0 Å². The van der Waals surface area contributed by atoms with E-state index in [2.05, 4.69) is 17.1 Å². The second-order valence-corrected chi connectivity index (χ2v) is 5.97. The first-order valence-electron chi connectivity index (χ1n) is 7.57. The average Bonchev–Trinajstić information content (AvgIpc) is 2.81. The number of hydrogen-bond donors (Lipinski definition) is 1. The molecule has 1 fully saturated rings. The Kier molecular flexibility index (Phi) is 2.79. The quantitative estimate of drug-likeness (QED) is 0.905. The molecule has 1 N–H and O–H groups in total. The summed E-state index contributed by atoms with van der Waals surface area (Å²) in [5, 5.41) is 1.34. The van der Waals surface area contributed by atoms with Crippen LogP contribution in [0, 0.1) is 5.92 Å². The number of aliphatic imine (C=N–C) groups is 1. The fourth-order valence-corrected chi connectivity index (χ4v) is 3.39. The van der Waals surface area contributed by atoms with Crippen LogP contribution in [0.1, 0.15) is 36.9 Å². The molecule has 3 heteroatoms. The van der Waals surface area contributed by atoms with E-state index in [1.54, 1.807) is 7.11 Å². The number of ether oxygens (including phenoxy) is 1. The number of hydrogen-bond acceptors (Lipinski definition) is 2. The second kappa shape index (κ2) is 4.65. The van der Waals surface area contributed by atoms with Crippen molar-refractivity contribution < 1.29 is 4.74 Å². The molecule has 0 amide bonds. The maximum absolute atomic E-state index is 5.32. The zero-order chi connectivity index (χ0) is 13.5.